The van der Waals surface area contributed by atoms with Gasteiger partial charge in [0.1, 0.15) is 11.5 Å². The van der Waals surface area contributed by atoms with E-state index in [2.05, 4.69) is 17.2 Å². The van der Waals surface area contributed by atoms with Crippen molar-refractivity contribution in [3.63, 3.8) is 0 Å². The maximum Gasteiger partial charge on any atom is 0.335 e. The summed E-state index contributed by atoms with van der Waals surface area (Å²) in [6, 6.07) is 15.8. The van der Waals surface area contributed by atoms with Crippen molar-refractivity contribution in [2.24, 2.45) is 0 Å². The first-order valence-corrected chi connectivity index (χ1v) is 12.1. The molecule has 190 valence electrons. The van der Waals surface area contributed by atoms with Gasteiger partial charge in [-0.1, -0.05) is 55.8 Å². The second-order valence-electron chi connectivity index (χ2n) is 8.69. The Morgan fingerprint density at radius 3 is 2.36 bits per heavy atom. The van der Waals surface area contributed by atoms with Crippen LogP contribution in [0.5, 0.6) is 0 Å². The summed E-state index contributed by atoms with van der Waals surface area (Å²) in [4.78, 5) is 40.9. The fourth-order valence-electron chi connectivity index (χ4n) is 3.98. The van der Waals surface area contributed by atoms with Gasteiger partial charge < -0.3 is 15.0 Å². The molecule has 0 saturated heterocycles. The highest BCUT2D eigenvalue weighted by molar-refractivity contribution is 5.93. The molecular weight excluding hydrogens is 460 g/mol. The molecule has 3 rings (SSSR count). The highest BCUT2D eigenvalue weighted by Crippen LogP contribution is 2.15. The van der Waals surface area contributed by atoms with Crippen LogP contribution in [0.2, 0.25) is 0 Å². The van der Waals surface area contributed by atoms with Crippen LogP contribution in [0.3, 0.4) is 0 Å². The van der Waals surface area contributed by atoms with Gasteiger partial charge in [0.25, 0.3) is 5.91 Å². The molecule has 1 unspecified atom stereocenters. The number of unbranched alkanes of at least 4 members (excludes halogenated alkanes) is 1. The second-order valence-corrected chi connectivity index (χ2v) is 8.69. The number of aryl methyl sites for hydroxylation is 2. The lowest BCUT2D eigenvalue weighted by molar-refractivity contribution is -0.129. The summed E-state index contributed by atoms with van der Waals surface area (Å²) in [6.45, 7) is 2.43. The number of carbonyl (C=O) groups excluding carboxylic acids is 2. The SMILES string of the molecule is CCCCc1ncc(C(=O)NC(CCc2ccccc2)CC(=O)NO)n1Cc1ccc(C(=O)O)cc1. The minimum atomic E-state index is -0.999. The standard InChI is InChI=1S/C27H32N4O5/c1-2-3-9-24-28-17-23(31(24)18-20-10-13-21(14-11-20)27(34)35)26(33)29-22(16-25(32)30-36)15-12-19-7-5-4-6-8-19/h4-8,10-11,13-14,17,22,36H,2-3,9,12,15-16,18H2,1H3,(H,29,33)(H,30,32)(H,34,35). The Bertz CT molecular complexity index is 1160. The lowest BCUT2D eigenvalue weighted by Gasteiger charge is -2.19. The molecule has 9 nitrogen and oxygen atoms in total. The molecule has 0 saturated carbocycles. The molecule has 0 fully saturated rings. The number of carbonyl (C=O) groups is 3. The highest BCUT2D eigenvalue weighted by Gasteiger charge is 2.22. The van der Waals surface area contributed by atoms with Crippen molar-refractivity contribution in [3.05, 3.63) is 89.0 Å². The highest BCUT2D eigenvalue weighted by atomic mass is 16.5. The number of amides is 2. The summed E-state index contributed by atoms with van der Waals surface area (Å²) in [6.07, 6.45) is 5.21. The van der Waals surface area contributed by atoms with E-state index in [4.69, 9.17) is 10.3 Å². The number of rotatable bonds is 13. The Morgan fingerprint density at radius 2 is 1.72 bits per heavy atom. The predicted octanol–water partition coefficient (Wildman–Crippen LogP) is 3.60. The van der Waals surface area contributed by atoms with E-state index < -0.39 is 17.9 Å². The summed E-state index contributed by atoms with van der Waals surface area (Å²) in [5.74, 6) is -1.18. The molecule has 36 heavy (non-hydrogen) atoms. The average Bonchev–Trinajstić information content (AvgIpc) is 3.29. The van der Waals surface area contributed by atoms with Crippen LogP contribution < -0.4 is 10.8 Å². The number of nitrogens with one attached hydrogen (secondary N) is 2. The van der Waals surface area contributed by atoms with E-state index in [1.807, 2.05) is 34.9 Å². The van der Waals surface area contributed by atoms with Crippen LogP contribution in [0, 0.1) is 0 Å². The third-order valence-electron chi connectivity index (χ3n) is 5.98. The quantitative estimate of drug-likeness (QED) is 0.213. The number of aromatic nitrogens is 2. The van der Waals surface area contributed by atoms with Crippen molar-refractivity contribution in [1.29, 1.82) is 0 Å². The van der Waals surface area contributed by atoms with Gasteiger partial charge in [-0.15, -0.1) is 0 Å². The van der Waals surface area contributed by atoms with Crippen molar-refractivity contribution in [2.75, 3.05) is 0 Å². The molecule has 2 aromatic carbocycles. The first-order valence-electron chi connectivity index (χ1n) is 12.1. The van der Waals surface area contributed by atoms with E-state index in [0.717, 1.165) is 29.8 Å². The van der Waals surface area contributed by atoms with Crippen molar-refractivity contribution in [2.45, 2.75) is 58.0 Å². The van der Waals surface area contributed by atoms with Crippen LogP contribution in [0.4, 0.5) is 0 Å². The van der Waals surface area contributed by atoms with Gasteiger partial charge in [0, 0.05) is 25.4 Å². The number of benzene rings is 2. The zero-order chi connectivity index (χ0) is 25.9. The number of nitrogens with zero attached hydrogens (tertiary/aromatic N) is 2. The minimum Gasteiger partial charge on any atom is -0.478 e. The Balaban J connectivity index is 1.80. The molecule has 0 radical (unpaired) electrons. The summed E-state index contributed by atoms with van der Waals surface area (Å²) >= 11 is 0. The van der Waals surface area contributed by atoms with Gasteiger partial charge >= 0.3 is 5.97 Å². The van der Waals surface area contributed by atoms with E-state index in [-0.39, 0.29) is 17.9 Å². The fourth-order valence-corrected chi connectivity index (χ4v) is 3.98. The number of carboxylic acids is 1. The van der Waals surface area contributed by atoms with Crippen LogP contribution in [0.15, 0.2) is 60.8 Å². The molecule has 3 aromatic rings. The predicted molar refractivity (Wildman–Crippen MR) is 134 cm³/mol. The van der Waals surface area contributed by atoms with Gasteiger partial charge in [-0.25, -0.2) is 15.3 Å². The van der Waals surface area contributed by atoms with Gasteiger partial charge in [0.05, 0.1) is 11.8 Å². The molecule has 1 heterocycles. The smallest absolute Gasteiger partial charge is 0.335 e. The van der Waals surface area contributed by atoms with Gasteiger partial charge in [-0.05, 0) is 42.5 Å². The lowest BCUT2D eigenvalue weighted by atomic mass is 10.0. The number of carboxylic acid groups (broad SMARTS) is 1. The van der Waals surface area contributed by atoms with Crippen LogP contribution >= 0.6 is 0 Å². The number of hydroxylamine groups is 1. The van der Waals surface area contributed by atoms with E-state index in [0.29, 0.717) is 31.5 Å². The molecule has 0 spiro atoms. The first-order chi connectivity index (χ1) is 17.4. The molecule has 0 aliphatic rings. The third-order valence-corrected chi connectivity index (χ3v) is 5.98. The Kier molecular flexibility index (Phi) is 9.76. The second kappa shape index (κ2) is 13.2. The van der Waals surface area contributed by atoms with Crippen molar-refractivity contribution in [1.82, 2.24) is 20.3 Å². The van der Waals surface area contributed by atoms with E-state index in [9.17, 15) is 14.4 Å². The zero-order valence-corrected chi connectivity index (χ0v) is 20.3. The van der Waals surface area contributed by atoms with Gasteiger partial charge in [-0.2, -0.15) is 0 Å². The number of hydrogen-bond acceptors (Lipinski definition) is 5. The van der Waals surface area contributed by atoms with Crippen LogP contribution in [-0.2, 0) is 24.2 Å². The van der Waals surface area contributed by atoms with Crippen LogP contribution in [0.1, 0.15) is 70.4 Å². The lowest BCUT2D eigenvalue weighted by Crippen LogP contribution is -2.40. The van der Waals surface area contributed by atoms with Crippen molar-refractivity contribution < 1.29 is 24.7 Å². The van der Waals surface area contributed by atoms with Crippen molar-refractivity contribution in [3.8, 4) is 0 Å². The largest absolute Gasteiger partial charge is 0.478 e. The molecule has 1 atom stereocenters. The fraction of sp³-hybridized carbons (Fsp3) is 0.333. The third kappa shape index (κ3) is 7.51. The summed E-state index contributed by atoms with van der Waals surface area (Å²) in [7, 11) is 0. The molecule has 0 bridgehead atoms. The summed E-state index contributed by atoms with van der Waals surface area (Å²) < 4.78 is 1.83. The van der Waals surface area contributed by atoms with Gasteiger partial charge in [0.2, 0.25) is 5.91 Å². The topological polar surface area (TPSA) is 134 Å². The Morgan fingerprint density at radius 1 is 1.00 bits per heavy atom. The van der Waals surface area contributed by atoms with Gasteiger partial charge in [-0.3, -0.25) is 14.8 Å². The van der Waals surface area contributed by atoms with Crippen molar-refractivity contribution >= 4 is 17.8 Å². The maximum absolute atomic E-state index is 13.3. The normalized spacial score (nSPS) is 11.6. The molecular formula is C27H32N4O5. The molecule has 1 aromatic heterocycles. The molecule has 0 aliphatic carbocycles. The molecule has 9 heteroatoms. The minimum absolute atomic E-state index is 0.0669. The maximum atomic E-state index is 13.3. The van der Waals surface area contributed by atoms with Crippen LogP contribution in [0.25, 0.3) is 0 Å². The number of hydrogen-bond donors (Lipinski definition) is 4. The summed E-state index contributed by atoms with van der Waals surface area (Å²) in [5, 5.41) is 21.1. The van der Waals surface area contributed by atoms with Gasteiger partial charge in [0.15, 0.2) is 0 Å². The Hall–Kier alpha value is -3.98. The molecule has 4 N–H and O–H groups in total. The first kappa shape index (κ1) is 26.6. The average molecular weight is 493 g/mol. The zero-order valence-electron chi connectivity index (χ0n) is 20.3. The van der Waals surface area contributed by atoms with E-state index in [1.54, 1.807) is 17.6 Å². The summed E-state index contributed by atoms with van der Waals surface area (Å²) in [5.41, 5.74) is 4.11. The van der Waals surface area contributed by atoms with Crippen LogP contribution in [-0.4, -0.2) is 43.7 Å². The Labute approximate surface area is 210 Å². The van der Waals surface area contributed by atoms with E-state index in [1.165, 1.54) is 18.3 Å². The molecule has 0 aliphatic heterocycles. The van der Waals surface area contributed by atoms with E-state index >= 15 is 0 Å². The monoisotopic (exact) mass is 492 g/mol. The number of aromatic carboxylic acids is 1. The number of imidazole rings is 1. The molecule has 2 amide bonds.